The van der Waals surface area contributed by atoms with E-state index in [1.165, 1.54) is 22.2 Å². The van der Waals surface area contributed by atoms with Crippen molar-refractivity contribution in [3.63, 3.8) is 0 Å². The van der Waals surface area contributed by atoms with Gasteiger partial charge in [-0.25, -0.2) is 4.98 Å². The van der Waals surface area contributed by atoms with Crippen molar-refractivity contribution in [1.29, 1.82) is 0 Å². The Balaban J connectivity index is 1.58. The van der Waals surface area contributed by atoms with Crippen LogP contribution in [0, 0.1) is 0 Å². The summed E-state index contributed by atoms with van der Waals surface area (Å²) in [6.07, 6.45) is 3.76. The Morgan fingerprint density at radius 1 is 1.37 bits per heavy atom. The van der Waals surface area contributed by atoms with Gasteiger partial charge in [-0.1, -0.05) is 35.5 Å². The largest absolute Gasteiger partial charge is 0.385 e. The fourth-order valence-electron chi connectivity index (χ4n) is 3.61. The first-order chi connectivity index (χ1) is 14.6. The Morgan fingerprint density at radius 3 is 3.00 bits per heavy atom. The van der Waals surface area contributed by atoms with E-state index in [-0.39, 0.29) is 17.2 Å². The van der Waals surface area contributed by atoms with Crippen LogP contribution >= 0.6 is 34.7 Å². The van der Waals surface area contributed by atoms with E-state index < -0.39 is 0 Å². The highest BCUT2D eigenvalue weighted by molar-refractivity contribution is 7.99. The molecule has 3 aromatic rings. The number of aryl methyl sites for hydroxylation is 2. The maximum atomic E-state index is 13.3. The molecule has 0 aliphatic heterocycles. The van der Waals surface area contributed by atoms with Gasteiger partial charge in [0.25, 0.3) is 5.56 Å². The second-order valence-corrected chi connectivity index (χ2v) is 9.49. The van der Waals surface area contributed by atoms with Crippen molar-refractivity contribution in [3.8, 4) is 0 Å². The predicted octanol–water partition coefficient (Wildman–Crippen LogP) is 4.37. The van der Waals surface area contributed by atoms with Crippen molar-refractivity contribution in [1.82, 2.24) is 9.55 Å². The molecule has 1 N–H and O–H groups in total. The second kappa shape index (κ2) is 9.51. The van der Waals surface area contributed by atoms with Crippen molar-refractivity contribution < 1.29 is 9.53 Å². The number of methoxy groups -OCH3 is 1. The molecule has 158 valence electrons. The monoisotopic (exact) mass is 463 g/mol. The standard InChI is InChI=1S/C21H22ClN3O3S2/c1-28-11-5-10-25-20(27)18-13-6-4-9-16(13)30-19(18)24-21(25)29-12-17(26)23-15-8-3-2-7-14(15)22/h2-3,7-8H,4-6,9-12H2,1H3,(H,23,26). The van der Waals surface area contributed by atoms with Crippen molar-refractivity contribution in [2.75, 3.05) is 24.8 Å². The highest BCUT2D eigenvalue weighted by Crippen LogP contribution is 2.35. The SMILES string of the molecule is COCCCn1c(SCC(=O)Nc2ccccc2Cl)nc2sc3c(c2c1=O)CCC3. The van der Waals surface area contributed by atoms with E-state index in [1.807, 2.05) is 12.1 Å². The molecule has 30 heavy (non-hydrogen) atoms. The number of thioether (sulfide) groups is 1. The van der Waals surface area contributed by atoms with Crippen molar-refractivity contribution in [2.24, 2.45) is 0 Å². The fourth-order valence-corrected chi connectivity index (χ4v) is 5.92. The van der Waals surface area contributed by atoms with Crippen molar-refractivity contribution in [3.05, 3.63) is 50.1 Å². The summed E-state index contributed by atoms with van der Waals surface area (Å²) in [5.74, 6) is -0.0574. The van der Waals surface area contributed by atoms with Crippen molar-refractivity contribution >= 4 is 56.5 Å². The molecule has 6 nitrogen and oxygen atoms in total. The van der Waals surface area contributed by atoms with Crippen LogP contribution in [0.3, 0.4) is 0 Å². The zero-order chi connectivity index (χ0) is 21.1. The number of nitrogens with zero attached hydrogens (tertiary/aromatic N) is 2. The van der Waals surface area contributed by atoms with Gasteiger partial charge in [-0.15, -0.1) is 11.3 Å². The van der Waals surface area contributed by atoms with Crippen LogP contribution < -0.4 is 10.9 Å². The number of hydrogen-bond donors (Lipinski definition) is 1. The summed E-state index contributed by atoms with van der Waals surface area (Å²) < 4.78 is 6.84. The van der Waals surface area contributed by atoms with Gasteiger partial charge in [0.05, 0.1) is 21.8 Å². The summed E-state index contributed by atoms with van der Waals surface area (Å²) >= 11 is 9.00. The molecule has 4 rings (SSSR count). The number of nitrogens with one attached hydrogen (secondary N) is 1. The molecule has 0 fully saturated rings. The predicted molar refractivity (Wildman–Crippen MR) is 123 cm³/mol. The average molecular weight is 464 g/mol. The first-order valence-corrected chi connectivity index (χ1v) is 12.0. The number of hydrogen-bond acceptors (Lipinski definition) is 6. The Morgan fingerprint density at radius 2 is 2.20 bits per heavy atom. The molecule has 0 saturated carbocycles. The number of carbonyl (C=O) groups is 1. The molecule has 2 aromatic heterocycles. The van der Waals surface area contributed by atoms with Crippen LogP contribution in [0.25, 0.3) is 10.2 Å². The zero-order valence-electron chi connectivity index (χ0n) is 16.6. The molecule has 0 atom stereocenters. The van der Waals surface area contributed by atoms with Gasteiger partial charge >= 0.3 is 0 Å². The molecule has 1 aliphatic carbocycles. The lowest BCUT2D eigenvalue weighted by Gasteiger charge is -2.12. The normalized spacial score (nSPS) is 13.0. The maximum absolute atomic E-state index is 13.3. The van der Waals surface area contributed by atoms with Gasteiger partial charge in [-0.2, -0.15) is 0 Å². The lowest BCUT2D eigenvalue weighted by Crippen LogP contribution is -2.25. The van der Waals surface area contributed by atoms with Crippen molar-refractivity contribution in [2.45, 2.75) is 37.4 Å². The topological polar surface area (TPSA) is 73.2 Å². The minimum atomic E-state index is -0.195. The number of amides is 1. The summed E-state index contributed by atoms with van der Waals surface area (Å²) in [6.45, 7) is 1.07. The van der Waals surface area contributed by atoms with Gasteiger partial charge in [-0.3, -0.25) is 14.2 Å². The summed E-state index contributed by atoms with van der Waals surface area (Å²) in [5, 5.41) is 4.62. The number of anilines is 1. The van der Waals surface area contributed by atoms with E-state index in [1.54, 1.807) is 35.1 Å². The molecule has 0 radical (unpaired) electrons. The highest BCUT2D eigenvalue weighted by Gasteiger charge is 2.23. The fraction of sp³-hybridized carbons (Fsp3) is 0.381. The van der Waals surface area contributed by atoms with Gasteiger partial charge < -0.3 is 10.1 Å². The Labute approximate surface area is 187 Å². The zero-order valence-corrected chi connectivity index (χ0v) is 19.0. The third kappa shape index (κ3) is 4.42. The summed E-state index contributed by atoms with van der Waals surface area (Å²) in [4.78, 5) is 32.6. The van der Waals surface area contributed by atoms with Gasteiger partial charge in [0.2, 0.25) is 5.91 Å². The molecular formula is C21H22ClN3O3S2. The molecule has 2 heterocycles. The number of benzene rings is 1. The van der Waals surface area contributed by atoms with E-state index in [4.69, 9.17) is 21.3 Å². The number of para-hydroxylation sites is 1. The third-order valence-corrected chi connectivity index (χ3v) is 7.49. The van der Waals surface area contributed by atoms with Crippen LogP contribution in [-0.4, -0.2) is 34.9 Å². The van der Waals surface area contributed by atoms with E-state index in [2.05, 4.69) is 5.32 Å². The molecule has 1 amide bonds. The number of aromatic nitrogens is 2. The van der Waals surface area contributed by atoms with Crippen LogP contribution in [0.4, 0.5) is 5.69 Å². The van der Waals surface area contributed by atoms with Crippen LogP contribution in [0.5, 0.6) is 0 Å². The van der Waals surface area contributed by atoms with Gasteiger partial charge in [0, 0.05) is 25.1 Å². The smallest absolute Gasteiger partial charge is 0.263 e. The number of halogens is 1. The molecule has 1 aromatic carbocycles. The van der Waals surface area contributed by atoms with Crippen LogP contribution in [0.1, 0.15) is 23.3 Å². The first kappa shape index (κ1) is 21.4. The van der Waals surface area contributed by atoms with Crippen LogP contribution in [-0.2, 0) is 28.9 Å². The number of fused-ring (bicyclic) bond motifs is 3. The minimum Gasteiger partial charge on any atom is -0.385 e. The summed E-state index contributed by atoms with van der Waals surface area (Å²) in [6, 6.07) is 7.10. The van der Waals surface area contributed by atoms with Gasteiger partial charge in [0.1, 0.15) is 4.83 Å². The van der Waals surface area contributed by atoms with Crippen LogP contribution in [0.15, 0.2) is 34.2 Å². The lowest BCUT2D eigenvalue weighted by molar-refractivity contribution is -0.113. The molecule has 9 heteroatoms. The lowest BCUT2D eigenvalue weighted by atomic mass is 10.2. The Bertz CT molecular complexity index is 1140. The molecule has 1 aliphatic rings. The van der Waals surface area contributed by atoms with Gasteiger partial charge in [0.15, 0.2) is 5.16 Å². The number of ether oxygens (including phenoxy) is 1. The second-order valence-electron chi connectivity index (χ2n) is 7.05. The van der Waals surface area contributed by atoms with Gasteiger partial charge in [-0.05, 0) is 43.4 Å². The minimum absolute atomic E-state index is 0.00971. The Hall–Kier alpha value is -1.87. The van der Waals surface area contributed by atoms with Crippen LogP contribution in [0.2, 0.25) is 5.02 Å². The summed E-state index contributed by atoms with van der Waals surface area (Å²) in [5.41, 5.74) is 1.73. The van der Waals surface area contributed by atoms with E-state index >= 15 is 0 Å². The Kier molecular flexibility index (Phi) is 6.77. The highest BCUT2D eigenvalue weighted by atomic mass is 35.5. The first-order valence-electron chi connectivity index (χ1n) is 9.79. The number of carbonyl (C=O) groups excluding carboxylic acids is 1. The molecule has 0 saturated heterocycles. The van der Waals surface area contributed by atoms with E-state index in [9.17, 15) is 9.59 Å². The summed E-state index contributed by atoms with van der Waals surface area (Å²) in [7, 11) is 1.64. The van der Waals surface area contributed by atoms with E-state index in [0.29, 0.717) is 35.4 Å². The number of rotatable bonds is 8. The number of thiophene rings is 1. The molecule has 0 bridgehead atoms. The molecule has 0 spiro atoms. The maximum Gasteiger partial charge on any atom is 0.263 e. The quantitative estimate of drug-likeness (QED) is 0.305. The molecule has 0 unspecified atom stereocenters. The molecular weight excluding hydrogens is 442 g/mol. The van der Waals surface area contributed by atoms with E-state index in [0.717, 1.165) is 29.5 Å². The average Bonchev–Trinajstić information content (AvgIpc) is 3.31. The third-order valence-electron chi connectivity index (χ3n) is 5.00.